The molecule has 128 valence electrons. The average Bonchev–Trinajstić information content (AvgIpc) is 2.91. The van der Waals surface area contributed by atoms with Crippen LogP contribution in [0, 0.1) is 6.92 Å². The predicted molar refractivity (Wildman–Crippen MR) is 93.1 cm³/mol. The smallest absolute Gasteiger partial charge is 0.263 e. The number of thiocarbonyl (C=S) groups is 1. The first-order chi connectivity index (χ1) is 11.3. The molecule has 1 aromatic heterocycles. The van der Waals surface area contributed by atoms with Crippen molar-refractivity contribution in [1.82, 2.24) is 10.5 Å². The van der Waals surface area contributed by atoms with Crippen molar-refractivity contribution in [3.05, 3.63) is 36.1 Å². The molecule has 1 amide bonds. The topological polar surface area (TPSA) is 113 Å². The van der Waals surface area contributed by atoms with E-state index < -0.39 is 10.0 Å². The number of carbonyl (C=O) groups is 1. The van der Waals surface area contributed by atoms with E-state index in [9.17, 15) is 13.2 Å². The highest BCUT2D eigenvalue weighted by atomic mass is 32.2. The Bertz CT molecular complexity index is 844. The zero-order chi connectivity index (χ0) is 17.7. The van der Waals surface area contributed by atoms with Gasteiger partial charge in [0.15, 0.2) is 10.9 Å². The molecule has 0 bridgehead atoms. The van der Waals surface area contributed by atoms with Crippen LogP contribution in [0.1, 0.15) is 19.1 Å². The Hall–Kier alpha value is -2.46. The van der Waals surface area contributed by atoms with E-state index in [-0.39, 0.29) is 21.7 Å². The Kier molecular flexibility index (Phi) is 5.52. The third-order valence-electron chi connectivity index (χ3n) is 2.86. The lowest BCUT2D eigenvalue weighted by Crippen LogP contribution is -2.33. The van der Waals surface area contributed by atoms with Crippen molar-refractivity contribution in [1.29, 1.82) is 0 Å². The van der Waals surface area contributed by atoms with Crippen molar-refractivity contribution in [2.45, 2.75) is 25.2 Å². The van der Waals surface area contributed by atoms with Crippen molar-refractivity contribution in [3.63, 3.8) is 0 Å². The lowest BCUT2D eigenvalue weighted by molar-refractivity contribution is -0.119. The van der Waals surface area contributed by atoms with Gasteiger partial charge in [-0.3, -0.25) is 9.52 Å². The van der Waals surface area contributed by atoms with Crippen LogP contribution in [0.25, 0.3) is 0 Å². The van der Waals surface area contributed by atoms with Crippen molar-refractivity contribution < 1.29 is 17.7 Å². The van der Waals surface area contributed by atoms with Crippen LogP contribution in [0.3, 0.4) is 0 Å². The quantitative estimate of drug-likeness (QED) is 0.692. The van der Waals surface area contributed by atoms with Crippen LogP contribution in [0.4, 0.5) is 11.5 Å². The minimum absolute atomic E-state index is 0.0530. The molecule has 0 spiro atoms. The van der Waals surface area contributed by atoms with Crippen molar-refractivity contribution in [2.24, 2.45) is 0 Å². The summed E-state index contributed by atoms with van der Waals surface area (Å²) in [5.41, 5.74) is 0.549. The van der Waals surface area contributed by atoms with Crippen molar-refractivity contribution >= 4 is 44.8 Å². The highest BCUT2D eigenvalue weighted by Crippen LogP contribution is 2.18. The van der Waals surface area contributed by atoms with E-state index in [1.165, 1.54) is 30.3 Å². The van der Waals surface area contributed by atoms with Gasteiger partial charge >= 0.3 is 0 Å². The van der Waals surface area contributed by atoms with Gasteiger partial charge in [0.1, 0.15) is 5.76 Å². The number of benzene rings is 1. The molecular formula is C14H16N4O4S2. The molecule has 2 rings (SSSR count). The molecular weight excluding hydrogens is 352 g/mol. The van der Waals surface area contributed by atoms with Gasteiger partial charge in [-0.1, -0.05) is 12.1 Å². The van der Waals surface area contributed by atoms with Crippen molar-refractivity contribution in [3.8, 4) is 0 Å². The number of hydrogen-bond donors (Lipinski definition) is 3. The molecule has 0 saturated carbocycles. The van der Waals surface area contributed by atoms with Crippen LogP contribution in [0.5, 0.6) is 0 Å². The molecule has 3 N–H and O–H groups in total. The van der Waals surface area contributed by atoms with Crippen LogP contribution in [0.2, 0.25) is 0 Å². The minimum atomic E-state index is -3.77. The van der Waals surface area contributed by atoms with E-state index in [0.29, 0.717) is 17.9 Å². The standard InChI is InChI=1S/C14H16N4O4S2/c1-3-13(19)16-14(23)15-10-4-6-11(7-5-10)24(20,21)18-12-8-9(2)22-17-12/h4-8H,3H2,1-2H3,(H,17,18)(H2,15,16,19,23). The summed E-state index contributed by atoms with van der Waals surface area (Å²) >= 11 is 4.98. The van der Waals surface area contributed by atoms with Gasteiger partial charge in [0, 0.05) is 18.2 Å². The summed E-state index contributed by atoms with van der Waals surface area (Å²) in [6.45, 7) is 3.37. The van der Waals surface area contributed by atoms with Gasteiger partial charge in [-0.2, -0.15) is 0 Å². The monoisotopic (exact) mass is 368 g/mol. The summed E-state index contributed by atoms with van der Waals surface area (Å²) in [4.78, 5) is 11.3. The third kappa shape index (κ3) is 4.77. The first kappa shape index (κ1) is 17.9. The second-order valence-electron chi connectivity index (χ2n) is 4.81. The molecule has 2 aromatic rings. The fraction of sp³-hybridized carbons (Fsp3) is 0.214. The minimum Gasteiger partial charge on any atom is -0.360 e. The molecule has 1 heterocycles. The number of anilines is 2. The van der Waals surface area contributed by atoms with Gasteiger partial charge in [-0.05, 0) is 43.4 Å². The molecule has 0 aliphatic heterocycles. The molecule has 1 aromatic carbocycles. The Morgan fingerprint density at radius 1 is 1.29 bits per heavy atom. The fourth-order valence-electron chi connectivity index (χ4n) is 1.71. The van der Waals surface area contributed by atoms with E-state index in [4.69, 9.17) is 16.7 Å². The molecule has 24 heavy (non-hydrogen) atoms. The zero-order valence-electron chi connectivity index (χ0n) is 13.0. The molecule has 10 heteroatoms. The third-order valence-corrected chi connectivity index (χ3v) is 4.44. The summed E-state index contributed by atoms with van der Waals surface area (Å²) in [7, 11) is -3.77. The van der Waals surface area contributed by atoms with Crippen LogP contribution in [-0.4, -0.2) is 24.6 Å². The molecule has 0 aliphatic carbocycles. The van der Waals surface area contributed by atoms with Crippen LogP contribution in [-0.2, 0) is 14.8 Å². The SMILES string of the molecule is CCC(=O)NC(=S)Nc1ccc(S(=O)(=O)Nc2cc(C)on2)cc1. The maximum Gasteiger partial charge on any atom is 0.263 e. The molecule has 8 nitrogen and oxygen atoms in total. The second kappa shape index (κ2) is 7.41. The summed E-state index contributed by atoms with van der Waals surface area (Å²) in [6, 6.07) is 7.35. The first-order valence-electron chi connectivity index (χ1n) is 6.97. The molecule has 0 saturated heterocycles. The number of rotatable bonds is 5. The largest absolute Gasteiger partial charge is 0.360 e. The lowest BCUT2D eigenvalue weighted by atomic mass is 10.3. The Balaban J connectivity index is 2.05. The number of amides is 1. The van der Waals surface area contributed by atoms with E-state index in [2.05, 4.69) is 20.5 Å². The van der Waals surface area contributed by atoms with E-state index in [1.54, 1.807) is 13.8 Å². The number of aryl methyl sites for hydroxylation is 1. The Morgan fingerprint density at radius 3 is 2.50 bits per heavy atom. The summed E-state index contributed by atoms with van der Waals surface area (Å²) < 4.78 is 31.6. The van der Waals surface area contributed by atoms with Gasteiger partial charge in [0.05, 0.1) is 4.90 Å². The molecule has 0 radical (unpaired) electrons. The Morgan fingerprint density at radius 2 is 1.96 bits per heavy atom. The highest BCUT2D eigenvalue weighted by molar-refractivity contribution is 7.92. The lowest BCUT2D eigenvalue weighted by Gasteiger charge is -2.10. The first-order valence-corrected chi connectivity index (χ1v) is 8.86. The molecule has 0 atom stereocenters. The molecule has 0 unspecified atom stereocenters. The van der Waals surface area contributed by atoms with Crippen LogP contribution in [0.15, 0.2) is 39.8 Å². The van der Waals surface area contributed by atoms with Crippen LogP contribution >= 0.6 is 12.2 Å². The van der Waals surface area contributed by atoms with E-state index >= 15 is 0 Å². The van der Waals surface area contributed by atoms with Crippen LogP contribution < -0.4 is 15.4 Å². The number of carbonyl (C=O) groups excluding carboxylic acids is 1. The molecule has 0 fully saturated rings. The normalized spacial score (nSPS) is 10.9. The zero-order valence-corrected chi connectivity index (χ0v) is 14.6. The number of hydrogen-bond acceptors (Lipinski definition) is 6. The fourth-order valence-corrected chi connectivity index (χ4v) is 2.92. The summed E-state index contributed by atoms with van der Waals surface area (Å²) in [5, 5.41) is 9.02. The maximum atomic E-state index is 12.2. The second-order valence-corrected chi connectivity index (χ2v) is 6.90. The highest BCUT2D eigenvalue weighted by Gasteiger charge is 2.16. The number of sulfonamides is 1. The van der Waals surface area contributed by atoms with E-state index in [1.807, 2.05) is 0 Å². The summed E-state index contributed by atoms with van der Waals surface area (Å²) in [5.74, 6) is 0.395. The van der Waals surface area contributed by atoms with Gasteiger partial charge in [-0.15, -0.1) is 0 Å². The summed E-state index contributed by atoms with van der Waals surface area (Å²) in [6.07, 6.45) is 0.312. The number of nitrogens with one attached hydrogen (secondary N) is 3. The van der Waals surface area contributed by atoms with Gasteiger partial charge in [0.25, 0.3) is 10.0 Å². The number of aromatic nitrogens is 1. The average molecular weight is 368 g/mol. The maximum absolute atomic E-state index is 12.2. The Labute approximate surface area is 144 Å². The van der Waals surface area contributed by atoms with Gasteiger partial charge in [-0.25, -0.2) is 8.42 Å². The predicted octanol–water partition coefficient (Wildman–Crippen LogP) is 2.01. The van der Waals surface area contributed by atoms with Gasteiger partial charge < -0.3 is 15.2 Å². The van der Waals surface area contributed by atoms with Crippen molar-refractivity contribution in [2.75, 3.05) is 10.0 Å². The van der Waals surface area contributed by atoms with Gasteiger partial charge in [0.2, 0.25) is 5.91 Å². The van der Waals surface area contributed by atoms with E-state index in [0.717, 1.165) is 0 Å². The number of nitrogens with zero attached hydrogens (tertiary/aromatic N) is 1. The molecule has 0 aliphatic rings.